The summed E-state index contributed by atoms with van der Waals surface area (Å²) >= 11 is 0. The molecule has 0 spiro atoms. The van der Waals surface area contributed by atoms with Gasteiger partial charge in [-0.1, -0.05) is 21.8 Å². The molecule has 2 heteroatoms. The fourth-order valence-electron chi connectivity index (χ4n) is 0.861. The largest absolute Gasteiger partial charge is 0.299 e. The lowest BCUT2D eigenvalue weighted by Gasteiger charge is -2.03. The Labute approximate surface area is 70.0 Å². The summed E-state index contributed by atoms with van der Waals surface area (Å²) in [6.45, 7) is 4.75. The minimum absolute atomic E-state index is 0. The summed E-state index contributed by atoms with van der Waals surface area (Å²) in [4.78, 5) is 21.2. The van der Waals surface area contributed by atoms with Gasteiger partial charge in [0.15, 0.2) is 0 Å². The molecule has 0 aromatic rings. The smallest absolute Gasteiger partial charge is 0.140 e. The number of Topliss-reactive ketones (excluding diaryl/α,β-unsaturated/α-hetero) is 2. The standard InChI is InChI=1S/C7H12O2.2CH4/c1-4-7(5(2)8)6(3)9;;/h7H,4H2,1-3H3;2*1H4. The molecule has 0 fully saturated rings. The van der Waals surface area contributed by atoms with Gasteiger partial charge < -0.3 is 0 Å². The van der Waals surface area contributed by atoms with Crippen LogP contribution in [0.4, 0.5) is 0 Å². The maximum atomic E-state index is 10.6. The zero-order chi connectivity index (χ0) is 7.44. The third-order valence-electron chi connectivity index (χ3n) is 1.39. The highest BCUT2D eigenvalue weighted by molar-refractivity contribution is 6.00. The molecule has 0 saturated carbocycles. The Morgan fingerprint density at radius 3 is 1.36 bits per heavy atom. The van der Waals surface area contributed by atoms with Crippen LogP contribution in [-0.2, 0) is 9.59 Å². The van der Waals surface area contributed by atoms with Crippen LogP contribution < -0.4 is 0 Å². The van der Waals surface area contributed by atoms with E-state index in [1.807, 2.05) is 6.92 Å². The molecule has 0 aromatic heterocycles. The molecule has 2 nitrogen and oxygen atoms in total. The van der Waals surface area contributed by atoms with Crippen molar-refractivity contribution in [3.63, 3.8) is 0 Å². The van der Waals surface area contributed by atoms with Crippen LogP contribution in [0.3, 0.4) is 0 Å². The van der Waals surface area contributed by atoms with Crippen LogP contribution in [0.25, 0.3) is 0 Å². The molecular formula is C9H20O2. The van der Waals surface area contributed by atoms with Crippen molar-refractivity contribution in [1.82, 2.24) is 0 Å². The van der Waals surface area contributed by atoms with Gasteiger partial charge in [-0.15, -0.1) is 0 Å². The number of carbonyl (C=O) groups excluding carboxylic acids is 2. The first kappa shape index (κ1) is 16.7. The Kier molecular flexibility index (Phi) is 11.3. The van der Waals surface area contributed by atoms with E-state index in [0.717, 1.165) is 0 Å². The molecule has 0 radical (unpaired) electrons. The summed E-state index contributed by atoms with van der Waals surface area (Å²) < 4.78 is 0. The van der Waals surface area contributed by atoms with E-state index in [0.29, 0.717) is 6.42 Å². The van der Waals surface area contributed by atoms with Crippen LogP contribution in [0, 0.1) is 5.92 Å². The van der Waals surface area contributed by atoms with Crippen molar-refractivity contribution in [2.75, 3.05) is 0 Å². The van der Waals surface area contributed by atoms with E-state index in [1.165, 1.54) is 13.8 Å². The summed E-state index contributed by atoms with van der Waals surface area (Å²) in [6.07, 6.45) is 0.630. The molecule has 0 bridgehead atoms. The van der Waals surface area contributed by atoms with Gasteiger partial charge in [-0.3, -0.25) is 9.59 Å². The van der Waals surface area contributed by atoms with Gasteiger partial charge in [0, 0.05) is 0 Å². The molecule has 0 rings (SSSR count). The molecule has 0 N–H and O–H groups in total. The van der Waals surface area contributed by atoms with E-state index < -0.39 is 0 Å². The zero-order valence-electron chi connectivity index (χ0n) is 6.10. The number of hydrogen-bond acceptors (Lipinski definition) is 2. The van der Waals surface area contributed by atoms with Crippen molar-refractivity contribution < 1.29 is 9.59 Å². The summed E-state index contributed by atoms with van der Waals surface area (Å²) in [5.74, 6) is -0.403. The molecule has 0 atom stereocenters. The number of hydrogen-bond donors (Lipinski definition) is 0. The molecule has 0 aliphatic rings. The highest BCUT2D eigenvalue weighted by Gasteiger charge is 2.15. The minimum atomic E-state index is -0.356. The van der Waals surface area contributed by atoms with Crippen LogP contribution >= 0.6 is 0 Å². The highest BCUT2D eigenvalue weighted by Crippen LogP contribution is 2.03. The molecular weight excluding hydrogens is 140 g/mol. The van der Waals surface area contributed by atoms with E-state index in [9.17, 15) is 9.59 Å². The van der Waals surface area contributed by atoms with Gasteiger partial charge in [0.2, 0.25) is 0 Å². The van der Waals surface area contributed by atoms with Crippen LogP contribution in [0.5, 0.6) is 0 Å². The molecule has 68 valence electrons. The molecule has 0 heterocycles. The van der Waals surface area contributed by atoms with Crippen molar-refractivity contribution in [1.29, 1.82) is 0 Å². The molecule has 0 unspecified atom stereocenters. The number of carbonyl (C=O) groups is 2. The summed E-state index contributed by atoms with van der Waals surface area (Å²) in [5, 5.41) is 0. The molecule has 0 aliphatic heterocycles. The average molecular weight is 160 g/mol. The predicted molar refractivity (Wildman–Crippen MR) is 48.6 cm³/mol. The monoisotopic (exact) mass is 160 g/mol. The lowest BCUT2D eigenvalue weighted by molar-refractivity contribution is -0.130. The van der Waals surface area contributed by atoms with E-state index in [4.69, 9.17) is 0 Å². The molecule has 0 aliphatic carbocycles. The van der Waals surface area contributed by atoms with Crippen molar-refractivity contribution >= 4 is 11.6 Å². The molecule has 0 amide bonds. The highest BCUT2D eigenvalue weighted by atomic mass is 16.1. The lowest BCUT2D eigenvalue weighted by Crippen LogP contribution is -2.17. The van der Waals surface area contributed by atoms with Crippen molar-refractivity contribution in [2.45, 2.75) is 42.0 Å². The van der Waals surface area contributed by atoms with Gasteiger partial charge in [0.25, 0.3) is 0 Å². The second-order valence-corrected chi connectivity index (χ2v) is 2.18. The molecule has 11 heavy (non-hydrogen) atoms. The van der Waals surface area contributed by atoms with Crippen LogP contribution in [0.1, 0.15) is 42.0 Å². The van der Waals surface area contributed by atoms with Gasteiger partial charge >= 0.3 is 0 Å². The van der Waals surface area contributed by atoms with Crippen LogP contribution in [0.15, 0.2) is 0 Å². The maximum absolute atomic E-state index is 10.6. The average Bonchev–Trinajstić information content (AvgIpc) is 1.64. The van der Waals surface area contributed by atoms with Crippen LogP contribution in [-0.4, -0.2) is 11.6 Å². The van der Waals surface area contributed by atoms with E-state index >= 15 is 0 Å². The van der Waals surface area contributed by atoms with E-state index in [-0.39, 0.29) is 32.3 Å². The van der Waals surface area contributed by atoms with Crippen molar-refractivity contribution in [3.8, 4) is 0 Å². The first-order chi connectivity index (χ1) is 4.09. The van der Waals surface area contributed by atoms with Gasteiger partial charge in [-0.2, -0.15) is 0 Å². The Morgan fingerprint density at radius 1 is 1.09 bits per heavy atom. The quantitative estimate of drug-likeness (QED) is 0.594. The van der Waals surface area contributed by atoms with Gasteiger partial charge in [-0.05, 0) is 20.3 Å². The molecule has 0 aromatic carbocycles. The van der Waals surface area contributed by atoms with Gasteiger partial charge in [0.05, 0.1) is 5.92 Å². The topological polar surface area (TPSA) is 34.1 Å². The van der Waals surface area contributed by atoms with Crippen molar-refractivity contribution in [3.05, 3.63) is 0 Å². The Bertz CT molecular complexity index is 114. The Balaban J connectivity index is -0.000000320. The summed E-state index contributed by atoms with van der Waals surface area (Å²) in [7, 11) is 0. The van der Waals surface area contributed by atoms with Gasteiger partial charge in [0.1, 0.15) is 11.6 Å². The third kappa shape index (κ3) is 5.77. The zero-order valence-corrected chi connectivity index (χ0v) is 6.10. The van der Waals surface area contributed by atoms with Crippen LogP contribution in [0.2, 0.25) is 0 Å². The predicted octanol–water partition coefficient (Wildman–Crippen LogP) is 2.46. The number of rotatable bonds is 3. The van der Waals surface area contributed by atoms with E-state index in [2.05, 4.69) is 0 Å². The SMILES string of the molecule is C.C.CCC(C(C)=O)C(C)=O. The first-order valence-corrected chi connectivity index (χ1v) is 3.10. The number of ketones is 2. The summed E-state index contributed by atoms with van der Waals surface area (Å²) in [6, 6.07) is 0. The normalized spacial score (nSPS) is 8.00. The van der Waals surface area contributed by atoms with Crippen molar-refractivity contribution in [2.24, 2.45) is 5.92 Å². The Hall–Kier alpha value is -0.660. The molecule has 0 saturated heterocycles. The maximum Gasteiger partial charge on any atom is 0.140 e. The minimum Gasteiger partial charge on any atom is -0.299 e. The fraction of sp³-hybridized carbons (Fsp3) is 0.778. The lowest BCUT2D eigenvalue weighted by atomic mass is 9.98. The summed E-state index contributed by atoms with van der Waals surface area (Å²) in [5.41, 5.74) is 0. The first-order valence-electron chi connectivity index (χ1n) is 3.10. The van der Waals surface area contributed by atoms with E-state index in [1.54, 1.807) is 0 Å². The second kappa shape index (κ2) is 7.45. The van der Waals surface area contributed by atoms with Gasteiger partial charge in [-0.25, -0.2) is 0 Å². The third-order valence-corrected chi connectivity index (χ3v) is 1.39. The fourth-order valence-corrected chi connectivity index (χ4v) is 0.861. The Morgan fingerprint density at radius 2 is 1.36 bits per heavy atom. The second-order valence-electron chi connectivity index (χ2n) is 2.18.